The Kier molecular flexibility index (Phi) is 12.4. The average molecular weight is 583 g/mol. The average Bonchev–Trinajstić information content (AvgIpc) is 2.79. The molecule has 0 amide bonds. The zero-order valence-electron chi connectivity index (χ0n) is 22.8. The molecule has 0 unspecified atom stereocenters. The first-order valence-corrected chi connectivity index (χ1v) is 19.6. The predicted octanol–water partition coefficient (Wildman–Crippen LogP) is 5.31. The summed E-state index contributed by atoms with van der Waals surface area (Å²) < 4.78 is 5.75. The van der Waals surface area contributed by atoms with Crippen LogP contribution in [0.4, 0.5) is 0 Å². The second-order valence-electron chi connectivity index (χ2n) is 8.98. The SMILES string of the molecule is CC[N+](CC)(CC)[Hf]([N+](CC)(CC)CC)([N+](CC)(CC)CC)[N+](CC)(CC)CC. The van der Waals surface area contributed by atoms with Crippen LogP contribution < -0.4 is 0 Å². The maximum absolute atomic E-state index is 3.53. The number of hydrogen-bond donors (Lipinski definition) is 0. The molecule has 0 aliphatic rings. The van der Waals surface area contributed by atoms with Gasteiger partial charge >= 0.3 is 193 Å². The van der Waals surface area contributed by atoms with Crippen molar-refractivity contribution in [1.82, 2.24) is 0 Å². The van der Waals surface area contributed by atoms with Crippen LogP contribution in [0.5, 0.6) is 0 Å². The van der Waals surface area contributed by atoms with Crippen LogP contribution in [-0.4, -0.2) is 88.4 Å². The molecule has 176 valence electrons. The zero-order valence-corrected chi connectivity index (χ0v) is 26.4. The van der Waals surface area contributed by atoms with Crippen LogP contribution in [-0.2, 0) is 21.1 Å². The van der Waals surface area contributed by atoms with E-state index in [-0.39, 0.29) is 0 Å². The number of rotatable bonds is 16. The Balaban J connectivity index is 8.16. The van der Waals surface area contributed by atoms with Gasteiger partial charge in [0.25, 0.3) is 0 Å². The van der Waals surface area contributed by atoms with Crippen molar-refractivity contribution in [3.63, 3.8) is 0 Å². The van der Waals surface area contributed by atoms with Crippen molar-refractivity contribution in [2.24, 2.45) is 0 Å². The van der Waals surface area contributed by atoms with E-state index in [4.69, 9.17) is 0 Å². The van der Waals surface area contributed by atoms with Crippen LogP contribution in [0.3, 0.4) is 0 Å². The van der Waals surface area contributed by atoms with Gasteiger partial charge in [0, 0.05) is 0 Å². The van der Waals surface area contributed by atoms with Gasteiger partial charge in [0.15, 0.2) is 0 Å². The fourth-order valence-corrected chi connectivity index (χ4v) is 45.6. The normalized spacial score (nSPS) is 14.5. The topological polar surface area (TPSA) is 0 Å². The van der Waals surface area contributed by atoms with E-state index in [2.05, 4.69) is 83.1 Å². The van der Waals surface area contributed by atoms with Crippen LogP contribution in [0.15, 0.2) is 0 Å². The fourth-order valence-electron chi connectivity index (χ4n) is 7.93. The quantitative estimate of drug-likeness (QED) is 0.217. The predicted molar refractivity (Wildman–Crippen MR) is 128 cm³/mol. The molecule has 0 aromatic heterocycles. The molecule has 0 aliphatic heterocycles. The Morgan fingerprint density at radius 2 is 0.379 bits per heavy atom. The fraction of sp³-hybridized carbons (Fsp3) is 1.00. The Morgan fingerprint density at radius 1 is 0.276 bits per heavy atom. The summed E-state index contributed by atoms with van der Waals surface area (Å²) in [5.41, 5.74) is 0. The molecule has 0 radical (unpaired) electrons. The molecular formula is C24H60HfN4+4. The van der Waals surface area contributed by atoms with E-state index >= 15 is 0 Å². The van der Waals surface area contributed by atoms with Gasteiger partial charge in [-0.25, -0.2) is 0 Å². The van der Waals surface area contributed by atoms with Crippen LogP contribution >= 0.6 is 0 Å². The molecule has 0 fully saturated rings. The first-order chi connectivity index (χ1) is 13.7. The zero-order chi connectivity index (χ0) is 23.0. The molecule has 0 aliphatic carbocycles. The van der Waals surface area contributed by atoms with Crippen molar-refractivity contribution in [3.05, 3.63) is 0 Å². The number of quaternary nitrogens is 4. The first kappa shape index (κ1) is 29.7. The van der Waals surface area contributed by atoms with E-state index in [1.54, 1.807) is 0 Å². The molecule has 0 bridgehead atoms. The van der Waals surface area contributed by atoms with Crippen molar-refractivity contribution in [2.45, 2.75) is 83.1 Å². The van der Waals surface area contributed by atoms with E-state index < -0.39 is 21.1 Å². The monoisotopic (exact) mass is 584 g/mol. The van der Waals surface area contributed by atoms with E-state index in [1.807, 2.05) is 0 Å². The summed E-state index contributed by atoms with van der Waals surface area (Å²) in [4.78, 5) is 0. The molecule has 0 heterocycles. The van der Waals surface area contributed by atoms with Crippen molar-refractivity contribution in [3.8, 4) is 0 Å². The van der Waals surface area contributed by atoms with Crippen molar-refractivity contribution in [1.29, 1.82) is 0 Å². The van der Waals surface area contributed by atoms with E-state index in [0.29, 0.717) is 0 Å². The Morgan fingerprint density at radius 3 is 0.448 bits per heavy atom. The van der Waals surface area contributed by atoms with Crippen LogP contribution in [0.25, 0.3) is 0 Å². The molecule has 0 saturated carbocycles. The molecule has 0 spiro atoms. The Bertz CT molecular complexity index is 331. The molecule has 4 nitrogen and oxygen atoms in total. The number of hydrogen-bond acceptors (Lipinski definition) is 0. The van der Waals surface area contributed by atoms with Gasteiger partial charge in [-0.1, -0.05) is 0 Å². The van der Waals surface area contributed by atoms with Crippen LogP contribution in [0.1, 0.15) is 83.1 Å². The molecule has 0 N–H and O–H groups in total. The van der Waals surface area contributed by atoms with Gasteiger partial charge < -0.3 is 0 Å². The molecule has 0 aromatic rings. The summed E-state index contributed by atoms with van der Waals surface area (Å²) in [6.45, 7) is 46.1. The summed E-state index contributed by atoms with van der Waals surface area (Å²) in [5, 5.41) is 0. The minimum absolute atomic E-state index is 1.31. The van der Waals surface area contributed by atoms with Crippen molar-refractivity contribution >= 4 is 0 Å². The summed E-state index contributed by atoms with van der Waals surface area (Å²) in [7, 11) is 0. The molecule has 5 heteroatoms. The molecular weight excluding hydrogens is 523 g/mol. The van der Waals surface area contributed by atoms with E-state index in [1.165, 1.54) is 88.4 Å². The van der Waals surface area contributed by atoms with Gasteiger partial charge in [-0.15, -0.1) is 0 Å². The molecule has 0 aromatic carbocycles. The van der Waals surface area contributed by atoms with E-state index in [0.717, 1.165) is 0 Å². The van der Waals surface area contributed by atoms with Crippen LogP contribution in [0.2, 0.25) is 0 Å². The first-order valence-electron chi connectivity index (χ1n) is 13.2. The van der Waals surface area contributed by atoms with Gasteiger partial charge in [0.05, 0.1) is 0 Å². The van der Waals surface area contributed by atoms with Crippen LogP contribution in [0, 0.1) is 0 Å². The third-order valence-corrected chi connectivity index (χ3v) is 41.7. The summed E-state index contributed by atoms with van der Waals surface area (Å²) in [5.74, 6) is 0. The third kappa shape index (κ3) is 3.87. The van der Waals surface area contributed by atoms with Crippen molar-refractivity contribution in [2.75, 3.05) is 78.5 Å². The second-order valence-corrected chi connectivity index (χ2v) is 26.9. The van der Waals surface area contributed by atoms with Gasteiger partial charge in [-0.3, -0.25) is 0 Å². The summed E-state index contributed by atoms with van der Waals surface area (Å²) in [6, 6.07) is 0. The van der Waals surface area contributed by atoms with Gasteiger partial charge in [0.1, 0.15) is 0 Å². The summed E-state index contributed by atoms with van der Waals surface area (Å²) in [6.07, 6.45) is 0. The second kappa shape index (κ2) is 12.1. The molecule has 29 heavy (non-hydrogen) atoms. The summed E-state index contributed by atoms with van der Waals surface area (Å²) >= 11 is -3.53. The third-order valence-electron chi connectivity index (χ3n) is 9.81. The van der Waals surface area contributed by atoms with Gasteiger partial charge in [-0.05, 0) is 0 Å². The van der Waals surface area contributed by atoms with E-state index in [9.17, 15) is 0 Å². The Hall–Kier alpha value is 0.710. The molecule has 0 saturated heterocycles. The standard InChI is InChI=1S/4C6H15N.Hf/c4*1-4-7(5-2)6-3;/h4*4-6H2,1-3H3;/q;;;;+4. The van der Waals surface area contributed by atoms with Gasteiger partial charge in [-0.2, -0.15) is 0 Å². The van der Waals surface area contributed by atoms with Gasteiger partial charge in [0.2, 0.25) is 0 Å². The number of nitrogens with zero attached hydrogens (tertiary/aromatic N) is 4. The maximum atomic E-state index is 2.53. The Labute approximate surface area is 192 Å². The molecule has 0 atom stereocenters. The minimum atomic E-state index is -3.53. The molecule has 0 rings (SSSR count). The van der Waals surface area contributed by atoms with Crippen molar-refractivity contribution < 1.29 is 31.0 Å².